The Morgan fingerprint density at radius 1 is 1.41 bits per heavy atom. The Labute approximate surface area is 109 Å². The lowest BCUT2D eigenvalue weighted by atomic mass is 10.2. The van der Waals surface area contributed by atoms with Crippen molar-refractivity contribution < 1.29 is 14.4 Å². The Hall–Kier alpha value is -0.583. The van der Waals surface area contributed by atoms with Crippen molar-refractivity contribution in [1.29, 1.82) is 0 Å². The normalized spacial score (nSPS) is 12.8. The molecule has 96 valence electrons. The zero-order chi connectivity index (χ0) is 13.3. The predicted molar refractivity (Wildman–Crippen MR) is 70.8 cm³/mol. The van der Waals surface area contributed by atoms with E-state index in [2.05, 4.69) is 33.9 Å². The lowest BCUT2D eigenvalue weighted by Crippen LogP contribution is -2.40. The lowest BCUT2D eigenvalue weighted by molar-refractivity contribution is -0.903. The molecule has 1 rings (SSSR count). The second-order valence-corrected chi connectivity index (χ2v) is 10.9. The fourth-order valence-corrected chi connectivity index (χ4v) is 2.23. The van der Waals surface area contributed by atoms with Crippen molar-refractivity contribution >= 4 is 19.9 Å². The van der Waals surface area contributed by atoms with Gasteiger partial charge >= 0.3 is 5.15 Å². The maximum Gasteiger partial charge on any atom is 0.325 e. The Bertz CT molecular complexity index is 402. The van der Waals surface area contributed by atoms with Gasteiger partial charge < -0.3 is 4.43 Å². The first-order chi connectivity index (χ1) is 7.63. The molecule has 0 saturated heterocycles. The highest BCUT2D eigenvalue weighted by Crippen LogP contribution is 2.37. The smallest absolute Gasteiger partial charge is 0.325 e. The van der Waals surface area contributed by atoms with Crippen LogP contribution in [-0.2, 0) is 11.0 Å². The van der Waals surface area contributed by atoms with E-state index in [0.717, 1.165) is 10.3 Å². The minimum Gasteiger partial charge on any atom is -0.413 e. The molecule has 0 amide bonds. The van der Waals surface area contributed by atoms with Crippen molar-refractivity contribution in [2.24, 2.45) is 0 Å². The lowest BCUT2D eigenvalue weighted by Gasteiger charge is -2.36. The average Bonchev–Trinajstić information content (AvgIpc) is 2.18. The molecule has 5 heteroatoms. The van der Waals surface area contributed by atoms with E-state index in [1.165, 1.54) is 6.20 Å². The van der Waals surface area contributed by atoms with Crippen LogP contribution in [0.25, 0.3) is 0 Å². The van der Waals surface area contributed by atoms with E-state index >= 15 is 0 Å². The van der Waals surface area contributed by atoms with Gasteiger partial charge in [-0.3, -0.25) is 5.21 Å². The SMILES string of the molecule is CC(C)(C)[Si](C)(C)OCc1cc[n+](O)c(Cl)c1. The molecule has 1 N–H and O–H groups in total. The van der Waals surface area contributed by atoms with E-state index in [1.54, 1.807) is 12.1 Å². The fraction of sp³-hybridized carbons (Fsp3) is 0.583. The van der Waals surface area contributed by atoms with E-state index in [-0.39, 0.29) is 5.04 Å². The summed E-state index contributed by atoms with van der Waals surface area (Å²) in [6.07, 6.45) is 1.52. The maximum absolute atomic E-state index is 9.25. The highest BCUT2D eigenvalue weighted by atomic mass is 35.5. The van der Waals surface area contributed by atoms with Gasteiger partial charge in [-0.2, -0.15) is 0 Å². The molecule has 0 aliphatic carbocycles. The van der Waals surface area contributed by atoms with Crippen LogP contribution in [0, 0.1) is 0 Å². The first-order valence-corrected chi connectivity index (χ1v) is 8.95. The molecule has 1 aromatic rings. The summed E-state index contributed by atoms with van der Waals surface area (Å²) in [5, 5.41) is 9.74. The van der Waals surface area contributed by atoms with Gasteiger partial charge in [-0.1, -0.05) is 20.8 Å². The third-order valence-electron chi connectivity index (χ3n) is 3.36. The summed E-state index contributed by atoms with van der Waals surface area (Å²) in [7, 11) is -1.73. The topological polar surface area (TPSA) is 33.3 Å². The summed E-state index contributed by atoms with van der Waals surface area (Å²) < 4.78 is 6.95. The second-order valence-electron chi connectivity index (χ2n) is 5.75. The molecule has 0 aliphatic heterocycles. The van der Waals surface area contributed by atoms with E-state index in [4.69, 9.17) is 16.0 Å². The highest BCUT2D eigenvalue weighted by molar-refractivity contribution is 6.74. The van der Waals surface area contributed by atoms with Crippen LogP contribution in [0.15, 0.2) is 18.3 Å². The van der Waals surface area contributed by atoms with Crippen LogP contribution in [-0.4, -0.2) is 13.5 Å². The number of nitrogens with zero attached hydrogens (tertiary/aromatic N) is 1. The van der Waals surface area contributed by atoms with Gasteiger partial charge in [0.15, 0.2) is 8.32 Å². The zero-order valence-electron chi connectivity index (χ0n) is 11.1. The Kier molecular flexibility index (Phi) is 4.22. The largest absolute Gasteiger partial charge is 0.413 e. The molecular weight excluding hydrogens is 254 g/mol. The van der Waals surface area contributed by atoms with Crippen LogP contribution in [0.4, 0.5) is 0 Å². The molecule has 0 radical (unpaired) electrons. The molecule has 0 saturated carbocycles. The number of aromatic nitrogens is 1. The van der Waals surface area contributed by atoms with Crippen LogP contribution in [0.1, 0.15) is 26.3 Å². The minimum atomic E-state index is -1.73. The predicted octanol–water partition coefficient (Wildman–Crippen LogP) is 3.39. The minimum absolute atomic E-state index is 0.197. The molecule has 0 fully saturated rings. The molecular formula is C12H21ClNO2Si+. The Balaban J connectivity index is 2.71. The molecule has 0 aliphatic rings. The van der Waals surface area contributed by atoms with Crippen molar-refractivity contribution in [2.45, 2.75) is 45.5 Å². The number of hydrogen-bond donors (Lipinski definition) is 1. The molecule has 3 nitrogen and oxygen atoms in total. The van der Waals surface area contributed by atoms with Crippen LogP contribution >= 0.6 is 11.6 Å². The average molecular weight is 275 g/mol. The fourth-order valence-electron chi connectivity index (χ4n) is 1.07. The quantitative estimate of drug-likeness (QED) is 0.397. The van der Waals surface area contributed by atoms with Gasteiger partial charge in [0.2, 0.25) is 6.20 Å². The summed E-state index contributed by atoms with van der Waals surface area (Å²) in [6, 6.07) is 3.52. The first-order valence-electron chi connectivity index (χ1n) is 5.67. The third-order valence-corrected chi connectivity index (χ3v) is 8.12. The molecule has 17 heavy (non-hydrogen) atoms. The van der Waals surface area contributed by atoms with Crippen molar-refractivity contribution in [3.63, 3.8) is 0 Å². The summed E-state index contributed by atoms with van der Waals surface area (Å²) in [5.74, 6) is 0. The summed E-state index contributed by atoms with van der Waals surface area (Å²) in [6.45, 7) is 11.6. The van der Waals surface area contributed by atoms with E-state index in [9.17, 15) is 5.21 Å². The van der Waals surface area contributed by atoms with Gasteiger partial charge in [0.25, 0.3) is 0 Å². The number of halogens is 1. The van der Waals surface area contributed by atoms with Crippen molar-refractivity contribution in [3.05, 3.63) is 29.0 Å². The van der Waals surface area contributed by atoms with Crippen LogP contribution < -0.4 is 4.73 Å². The van der Waals surface area contributed by atoms with Crippen LogP contribution in [0.5, 0.6) is 0 Å². The van der Waals surface area contributed by atoms with E-state index in [0.29, 0.717) is 11.8 Å². The van der Waals surface area contributed by atoms with Gasteiger partial charge in [0, 0.05) is 16.9 Å². The monoisotopic (exact) mass is 274 g/mol. The van der Waals surface area contributed by atoms with E-state index in [1.807, 2.05) is 0 Å². The molecule has 0 spiro atoms. The van der Waals surface area contributed by atoms with Gasteiger partial charge in [0.1, 0.15) is 0 Å². The molecule has 0 unspecified atom stereocenters. The Morgan fingerprint density at radius 3 is 2.47 bits per heavy atom. The molecule has 1 heterocycles. The van der Waals surface area contributed by atoms with Gasteiger partial charge in [-0.25, -0.2) is 0 Å². The molecule has 1 aromatic heterocycles. The van der Waals surface area contributed by atoms with Gasteiger partial charge in [-0.05, 0) is 35.3 Å². The third kappa shape index (κ3) is 3.69. The van der Waals surface area contributed by atoms with Crippen LogP contribution in [0.2, 0.25) is 23.3 Å². The maximum atomic E-state index is 9.25. The molecule has 0 atom stereocenters. The number of hydrogen-bond acceptors (Lipinski definition) is 2. The summed E-state index contributed by atoms with van der Waals surface area (Å²) in [4.78, 5) is 0. The number of rotatable bonds is 3. The summed E-state index contributed by atoms with van der Waals surface area (Å²) in [5.41, 5.74) is 0.977. The van der Waals surface area contributed by atoms with E-state index < -0.39 is 8.32 Å². The number of pyridine rings is 1. The van der Waals surface area contributed by atoms with Gasteiger partial charge in [-0.15, -0.1) is 0 Å². The zero-order valence-corrected chi connectivity index (χ0v) is 12.9. The summed E-state index contributed by atoms with van der Waals surface area (Å²) >= 11 is 5.82. The molecule has 0 aromatic carbocycles. The highest BCUT2D eigenvalue weighted by Gasteiger charge is 2.37. The van der Waals surface area contributed by atoms with Crippen molar-refractivity contribution in [2.75, 3.05) is 0 Å². The Morgan fingerprint density at radius 2 is 2.00 bits per heavy atom. The van der Waals surface area contributed by atoms with Gasteiger partial charge in [0.05, 0.1) is 6.61 Å². The van der Waals surface area contributed by atoms with Crippen molar-refractivity contribution in [1.82, 2.24) is 0 Å². The second kappa shape index (κ2) is 4.96. The first kappa shape index (κ1) is 14.5. The van der Waals surface area contributed by atoms with Crippen LogP contribution in [0.3, 0.4) is 0 Å². The van der Waals surface area contributed by atoms with Crippen molar-refractivity contribution in [3.8, 4) is 0 Å². The molecule has 0 bridgehead atoms. The standard InChI is InChI=1S/C12H21ClNO2Si/c1-12(2,3)17(4,5)16-9-10-6-7-14(15)11(13)8-10/h6-8,15H,9H2,1-5H3/q+1.